The van der Waals surface area contributed by atoms with Crippen LogP contribution in [0.1, 0.15) is 12.5 Å². The highest BCUT2D eigenvalue weighted by Gasteiger charge is 2.20. The van der Waals surface area contributed by atoms with Gasteiger partial charge in [-0.25, -0.2) is 0 Å². The van der Waals surface area contributed by atoms with E-state index in [0.717, 1.165) is 36.0 Å². The van der Waals surface area contributed by atoms with Gasteiger partial charge in [-0.2, -0.15) is 0 Å². The second-order valence-corrected chi connectivity index (χ2v) is 4.49. The number of halogens is 1. The lowest BCUT2D eigenvalue weighted by Gasteiger charge is -2.34. The molecule has 0 saturated carbocycles. The van der Waals surface area contributed by atoms with Gasteiger partial charge in [0.25, 0.3) is 0 Å². The lowest BCUT2D eigenvalue weighted by atomic mass is 10.1. The molecule has 1 aliphatic rings. The first-order valence-electron chi connectivity index (χ1n) is 5.56. The topological polar surface area (TPSA) is 38.5 Å². The maximum absolute atomic E-state index is 6.25. The van der Waals surface area contributed by atoms with Crippen LogP contribution in [-0.2, 0) is 11.3 Å². The highest BCUT2D eigenvalue weighted by molar-refractivity contribution is 6.33. The van der Waals surface area contributed by atoms with Crippen molar-refractivity contribution in [1.29, 1.82) is 0 Å². The summed E-state index contributed by atoms with van der Waals surface area (Å²) in [5.41, 5.74) is 7.91. The van der Waals surface area contributed by atoms with E-state index in [-0.39, 0.29) is 6.10 Å². The molecule has 0 amide bonds. The van der Waals surface area contributed by atoms with Gasteiger partial charge in [-0.1, -0.05) is 23.7 Å². The van der Waals surface area contributed by atoms with E-state index in [4.69, 9.17) is 22.1 Å². The first kappa shape index (κ1) is 11.7. The first-order chi connectivity index (χ1) is 7.72. The average Bonchev–Trinajstić information content (AvgIpc) is 2.28. The molecule has 0 aromatic heterocycles. The van der Waals surface area contributed by atoms with Crippen molar-refractivity contribution in [3.8, 4) is 0 Å². The van der Waals surface area contributed by atoms with Crippen LogP contribution in [-0.4, -0.2) is 25.8 Å². The van der Waals surface area contributed by atoms with Crippen molar-refractivity contribution < 1.29 is 4.74 Å². The Labute approximate surface area is 101 Å². The molecule has 0 spiro atoms. The molecule has 16 heavy (non-hydrogen) atoms. The van der Waals surface area contributed by atoms with Crippen molar-refractivity contribution >= 4 is 17.3 Å². The molecular formula is C12H17ClN2O. The average molecular weight is 241 g/mol. The standard InChI is InChI=1S/C12H17ClN2O/c1-9-8-15(5-6-16-9)12-10(7-14)3-2-4-11(12)13/h2-4,9H,5-8,14H2,1H3. The minimum atomic E-state index is 0.246. The van der Waals surface area contributed by atoms with Crippen molar-refractivity contribution in [2.75, 3.05) is 24.6 Å². The molecule has 1 aliphatic heterocycles. The zero-order valence-electron chi connectivity index (χ0n) is 9.45. The van der Waals surface area contributed by atoms with Gasteiger partial charge >= 0.3 is 0 Å². The van der Waals surface area contributed by atoms with Crippen molar-refractivity contribution in [3.05, 3.63) is 28.8 Å². The van der Waals surface area contributed by atoms with Crippen molar-refractivity contribution in [2.45, 2.75) is 19.6 Å². The van der Waals surface area contributed by atoms with Gasteiger partial charge in [0.05, 0.1) is 23.4 Å². The predicted octanol–water partition coefficient (Wildman–Crippen LogP) is 2.02. The molecule has 1 heterocycles. The Hall–Kier alpha value is -0.770. The Morgan fingerprint density at radius 3 is 3.06 bits per heavy atom. The van der Waals surface area contributed by atoms with E-state index in [1.807, 2.05) is 18.2 Å². The molecule has 0 bridgehead atoms. The zero-order valence-corrected chi connectivity index (χ0v) is 10.2. The van der Waals surface area contributed by atoms with Crippen LogP contribution in [0.25, 0.3) is 0 Å². The summed E-state index contributed by atoms with van der Waals surface area (Å²) in [6, 6.07) is 5.88. The van der Waals surface area contributed by atoms with E-state index >= 15 is 0 Å². The van der Waals surface area contributed by atoms with Gasteiger partial charge in [0, 0.05) is 19.6 Å². The quantitative estimate of drug-likeness (QED) is 0.860. The normalized spacial score (nSPS) is 21.2. The molecule has 1 aromatic carbocycles. The lowest BCUT2D eigenvalue weighted by Crippen LogP contribution is -2.41. The van der Waals surface area contributed by atoms with Crippen LogP contribution >= 0.6 is 11.6 Å². The summed E-state index contributed by atoms with van der Waals surface area (Å²) in [4.78, 5) is 2.26. The van der Waals surface area contributed by atoms with Gasteiger partial charge in [0.15, 0.2) is 0 Å². The molecule has 2 N–H and O–H groups in total. The van der Waals surface area contributed by atoms with Gasteiger partial charge in [-0.3, -0.25) is 0 Å². The van der Waals surface area contributed by atoms with Crippen molar-refractivity contribution in [2.24, 2.45) is 5.73 Å². The van der Waals surface area contributed by atoms with Crippen molar-refractivity contribution in [3.63, 3.8) is 0 Å². The smallest absolute Gasteiger partial charge is 0.0722 e. The number of hydrogen-bond donors (Lipinski definition) is 1. The van der Waals surface area contributed by atoms with Gasteiger partial charge in [-0.05, 0) is 18.6 Å². The summed E-state index contributed by atoms with van der Waals surface area (Å²) in [5.74, 6) is 0. The third kappa shape index (κ3) is 2.32. The van der Waals surface area contributed by atoms with E-state index < -0.39 is 0 Å². The molecule has 3 nitrogen and oxygen atoms in total. The fourth-order valence-electron chi connectivity index (χ4n) is 2.10. The number of hydrogen-bond acceptors (Lipinski definition) is 3. The number of benzene rings is 1. The number of rotatable bonds is 2. The van der Waals surface area contributed by atoms with Gasteiger partial charge in [0.2, 0.25) is 0 Å². The molecular weight excluding hydrogens is 224 g/mol. The zero-order chi connectivity index (χ0) is 11.5. The SMILES string of the molecule is CC1CN(c2c(Cl)cccc2CN)CCO1. The van der Waals surface area contributed by atoms with E-state index in [9.17, 15) is 0 Å². The van der Waals surface area contributed by atoms with Crippen LogP contribution in [0.4, 0.5) is 5.69 Å². The second kappa shape index (κ2) is 5.04. The maximum atomic E-state index is 6.25. The number of morpholine rings is 1. The lowest BCUT2D eigenvalue weighted by molar-refractivity contribution is 0.0532. The maximum Gasteiger partial charge on any atom is 0.0722 e. The highest BCUT2D eigenvalue weighted by Crippen LogP contribution is 2.30. The van der Waals surface area contributed by atoms with E-state index in [1.165, 1.54) is 0 Å². The summed E-state index contributed by atoms with van der Waals surface area (Å²) in [6.45, 7) is 5.08. The molecule has 0 radical (unpaired) electrons. The number of nitrogens with two attached hydrogens (primary N) is 1. The summed E-state index contributed by atoms with van der Waals surface area (Å²) >= 11 is 6.25. The van der Waals surface area contributed by atoms with Gasteiger partial charge in [0.1, 0.15) is 0 Å². The highest BCUT2D eigenvalue weighted by atomic mass is 35.5. The summed E-state index contributed by atoms with van der Waals surface area (Å²) < 4.78 is 5.53. The molecule has 1 unspecified atom stereocenters. The number of anilines is 1. The molecule has 1 saturated heterocycles. The number of ether oxygens (including phenoxy) is 1. The molecule has 1 atom stereocenters. The Bertz CT molecular complexity index is 370. The second-order valence-electron chi connectivity index (χ2n) is 4.08. The van der Waals surface area contributed by atoms with Crippen LogP contribution in [0.3, 0.4) is 0 Å². The van der Waals surface area contributed by atoms with Gasteiger partial charge < -0.3 is 15.4 Å². The Morgan fingerprint density at radius 1 is 1.56 bits per heavy atom. The summed E-state index contributed by atoms with van der Waals surface area (Å²) in [5, 5.41) is 0.775. The third-order valence-corrected chi connectivity index (χ3v) is 3.15. The Balaban J connectivity index is 2.30. The molecule has 1 fully saturated rings. The Kier molecular flexibility index (Phi) is 3.69. The molecule has 4 heteroatoms. The van der Waals surface area contributed by atoms with Crippen LogP contribution in [0, 0.1) is 0 Å². The van der Waals surface area contributed by atoms with Crippen LogP contribution < -0.4 is 10.6 Å². The van der Waals surface area contributed by atoms with Crippen LogP contribution in [0.2, 0.25) is 5.02 Å². The molecule has 0 aliphatic carbocycles. The fraction of sp³-hybridized carbons (Fsp3) is 0.500. The fourth-order valence-corrected chi connectivity index (χ4v) is 2.41. The predicted molar refractivity (Wildman–Crippen MR) is 67.0 cm³/mol. The summed E-state index contributed by atoms with van der Waals surface area (Å²) in [7, 11) is 0. The Morgan fingerprint density at radius 2 is 2.38 bits per heavy atom. The minimum Gasteiger partial charge on any atom is -0.375 e. The van der Waals surface area contributed by atoms with E-state index in [2.05, 4.69) is 11.8 Å². The van der Waals surface area contributed by atoms with E-state index in [1.54, 1.807) is 0 Å². The summed E-state index contributed by atoms with van der Waals surface area (Å²) in [6.07, 6.45) is 0.246. The van der Waals surface area contributed by atoms with Gasteiger partial charge in [-0.15, -0.1) is 0 Å². The van der Waals surface area contributed by atoms with Crippen LogP contribution in [0.5, 0.6) is 0 Å². The largest absolute Gasteiger partial charge is 0.375 e. The number of nitrogens with zero attached hydrogens (tertiary/aromatic N) is 1. The van der Waals surface area contributed by atoms with Crippen molar-refractivity contribution in [1.82, 2.24) is 0 Å². The number of para-hydroxylation sites is 1. The monoisotopic (exact) mass is 240 g/mol. The van der Waals surface area contributed by atoms with Crippen LogP contribution in [0.15, 0.2) is 18.2 Å². The molecule has 88 valence electrons. The third-order valence-electron chi connectivity index (χ3n) is 2.85. The van der Waals surface area contributed by atoms with E-state index in [0.29, 0.717) is 6.54 Å². The molecule has 1 aromatic rings. The minimum absolute atomic E-state index is 0.246. The first-order valence-corrected chi connectivity index (χ1v) is 5.94. The molecule has 2 rings (SSSR count).